The molecule has 0 spiro atoms. The smallest absolute Gasteiger partial charge is 0.0547 e. The summed E-state index contributed by atoms with van der Waals surface area (Å²) in [5.41, 5.74) is 20.2. The molecule has 0 saturated carbocycles. The predicted octanol–water partition coefficient (Wildman–Crippen LogP) is 18.5. The Labute approximate surface area is 409 Å². The van der Waals surface area contributed by atoms with Crippen molar-refractivity contribution in [3.8, 4) is 39.1 Å². The lowest BCUT2D eigenvalue weighted by molar-refractivity contribution is 0.660. The molecule has 13 rings (SSSR count). The molecule has 332 valence electrons. The van der Waals surface area contributed by atoms with Crippen molar-refractivity contribution in [2.24, 2.45) is 0 Å². The third kappa shape index (κ3) is 6.89. The Bertz CT molecular complexity index is 3850. The standard InChI is InChI=1S/C67H49N3/c1-67(2)62-28-15-14-27-59(62)60-40-39-57(45-63(60)67)69(56-37-35-55(36-38-56)68(51-20-6-3-7-21-51)52-22-8-4-9-23-52)54-33-29-46(30-34-54)48-18-16-19-49(43-48)50-32-41-64-61(44-50)66-58-26-13-12-17-47(58)31-42-65(66)70(64)53-24-10-5-11-25-53/h3-45H,1-2H3. The third-order valence-corrected chi connectivity index (χ3v) is 14.5. The lowest BCUT2D eigenvalue weighted by atomic mass is 9.82. The molecule has 70 heavy (non-hydrogen) atoms. The molecule has 0 atom stereocenters. The number of para-hydroxylation sites is 3. The largest absolute Gasteiger partial charge is 0.311 e. The topological polar surface area (TPSA) is 11.4 Å². The minimum absolute atomic E-state index is 0.129. The fourth-order valence-electron chi connectivity index (χ4n) is 11.1. The van der Waals surface area contributed by atoms with Gasteiger partial charge in [0.25, 0.3) is 0 Å². The Morgan fingerprint density at radius 1 is 0.314 bits per heavy atom. The zero-order valence-corrected chi connectivity index (χ0v) is 39.2. The van der Waals surface area contributed by atoms with E-state index in [2.05, 4.69) is 289 Å². The van der Waals surface area contributed by atoms with Crippen LogP contribution >= 0.6 is 0 Å². The van der Waals surface area contributed by atoms with Crippen LogP contribution in [0.3, 0.4) is 0 Å². The molecule has 1 heterocycles. The molecule has 0 unspecified atom stereocenters. The van der Waals surface area contributed by atoms with Crippen LogP contribution in [0.25, 0.3) is 71.6 Å². The molecule has 0 amide bonds. The Morgan fingerprint density at radius 3 is 1.51 bits per heavy atom. The Hall–Kier alpha value is -8.92. The van der Waals surface area contributed by atoms with Crippen LogP contribution in [-0.4, -0.2) is 4.57 Å². The monoisotopic (exact) mass is 895 g/mol. The number of benzene rings is 11. The van der Waals surface area contributed by atoms with E-state index in [1.807, 2.05) is 0 Å². The van der Waals surface area contributed by atoms with E-state index < -0.39 is 0 Å². The maximum absolute atomic E-state index is 2.41. The highest BCUT2D eigenvalue weighted by Gasteiger charge is 2.35. The highest BCUT2D eigenvalue weighted by atomic mass is 15.2. The van der Waals surface area contributed by atoms with Gasteiger partial charge in [-0.3, -0.25) is 0 Å². The van der Waals surface area contributed by atoms with Crippen molar-refractivity contribution >= 4 is 66.7 Å². The fraction of sp³-hybridized carbons (Fsp3) is 0.0448. The second kappa shape index (κ2) is 16.7. The van der Waals surface area contributed by atoms with E-state index in [9.17, 15) is 0 Å². The summed E-state index contributed by atoms with van der Waals surface area (Å²) in [6.45, 7) is 4.71. The number of anilines is 6. The number of hydrogen-bond acceptors (Lipinski definition) is 2. The van der Waals surface area contributed by atoms with Gasteiger partial charge in [0.15, 0.2) is 0 Å². The molecule has 0 fully saturated rings. The maximum atomic E-state index is 2.41. The van der Waals surface area contributed by atoms with Crippen molar-refractivity contribution in [3.63, 3.8) is 0 Å². The Kier molecular flexibility index (Phi) is 9.85. The molecule has 1 aliphatic carbocycles. The van der Waals surface area contributed by atoms with Crippen LogP contribution in [0.15, 0.2) is 261 Å². The van der Waals surface area contributed by atoms with E-state index in [0.717, 1.165) is 39.8 Å². The Balaban J connectivity index is 0.890. The van der Waals surface area contributed by atoms with Crippen LogP contribution in [-0.2, 0) is 5.41 Å². The van der Waals surface area contributed by atoms with Crippen LogP contribution in [0.4, 0.5) is 34.1 Å². The first kappa shape index (κ1) is 41.3. The molecule has 3 nitrogen and oxygen atoms in total. The second-order valence-corrected chi connectivity index (χ2v) is 19.0. The van der Waals surface area contributed by atoms with E-state index >= 15 is 0 Å². The normalized spacial score (nSPS) is 12.5. The van der Waals surface area contributed by atoms with Crippen molar-refractivity contribution in [2.45, 2.75) is 19.3 Å². The SMILES string of the molecule is CC1(C)c2ccccc2-c2ccc(N(c3ccc(-c4cccc(-c5ccc6c(c5)c5c7ccccc7ccc5n6-c5ccccc5)c4)cc3)c3ccc(N(c4ccccc4)c4ccccc4)cc3)cc21. The highest BCUT2D eigenvalue weighted by molar-refractivity contribution is 6.22. The third-order valence-electron chi connectivity index (χ3n) is 14.5. The fourth-order valence-corrected chi connectivity index (χ4v) is 11.1. The molecule has 1 aliphatic rings. The first-order chi connectivity index (χ1) is 34.5. The lowest BCUT2D eigenvalue weighted by Gasteiger charge is -2.29. The summed E-state index contributed by atoms with van der Waals surface area (Å²) in [5, 5.41) is 5.05. The minimum Gasteiger partial charge on any atom is -0.311 e. The summed E-state index contributed by atoms with van der Waals surface area (Å²) in [6.07, 6.45) is 0. The summed E-state index contributed by atoms with van der Waals surface area (Å²) in [6, 6.07) is 95.2. The summed E-state index contributed by atoms with van der Waals surface area (Å²) < 4.78 is 2.41. The maximum Gasteiger partial charge on any atom is 0.0547 e. The van der Waals surface area contributed by atoms with E-state index in [1.165, 1.54) is 77.1 Å². The molecule has 11 aromatic carbocycles. The van der Waals surface area contributed by atoms with Crippen molar-refractivity contribution in [2.75, 3.05) is 9.80 Å². The zero-order chi connectivity index (χ0) is 46.8. The van der Waals surface area contributed by atoms with Crippen molar-refractivity contribution in [3.05, 3.63) is 272 Å². The van der Waals surface area contributed by atoms with Gasteiger partial charge in [0, 0.05) is 56.0 Å². The van der Waals surface area contributed by atoms with Gasteiger partial charge in [0.1, 0.15) is 0 Å². The van der Waals surface area contributed by atoms with Crippen LogP contribution in [0.2, 0.25) is 0 Å². The predicted molar refractivity (Wildman–Crippen MR) is 296 cm³/mol. The van der Waals surface area contributed by atoms with Crippen molar-refractivity contribution in [1.29, 1.82) is 0 Å². The van der Waals surface area contributed by atoms with Gasteiger partial charge in [-0.25, -0.2) is 0 Å². The van der Waals surface area contributed by atoms with E-state index in [-0.39, 0.29) is 5.41 Å². The zero-order valence-electron chi connectivity index (χ0n) is 39.2. The van der Waals surface area contributed by atoms with Gasteiger partial charge in [-0.1, -0.05) is 166 Å². The highest BCUT2D eigenvalue weighted by Crippen LogP contribution is 2.51. The van der Waals surface area contributed by atoms with Crippen LogP contribution in [0.5, 0.6) is 0 Å². The van der Waals surface area contributed by atoms with Gasteiger partial charge in [0.2, 0.25) is 0 Å². The molecular formula is C67H49N3. The van der Waals surface area contributed by atoms with E-state index in [1.54, 1.807) is 0 Å². The molecule has 0 bridgehead atoms. The molecule has 1 aromatic heterocycles. The summed E-state index contributed by atoms with van der Waals surface area (Å²) in [7, 11) is 0. The second-order valence-electron chi connectivity index (χ2n) is 19.0. The number of nitrogens with zero attached hydrogens (tertiary/aromatic N) is 3. The first-order valence-electron chi connectivity index (χ1n) is 24.3. The Morgan fingerprint density at radius 2 is 0.814 bits per heavy atom. The van der Waals surface area contributed by atoms with Gasteiger partial charge < -0.3 is 14.4 Å². The van der Waals surface area contributed by atoms with Crippen molar-refractivity contribution < 1.29 is 0 Å². The van der Waals surface area contributed by atoms with Gasteiger partial charge in [0.05, 0.1) is 11.0 Å². The number of aromatic nitrogens is 1. The van der Waals surface area contributed by atoms with Crippen LogP contribution < -0.4 is 9.80 Å². The average molecular weight is 896 g/mol. The number of fused-ring (bicyclic) bond motifs is 8. The molecule has 12 aromatic rings. The van der Waals surface area contributed by atoms with Gasteiger partial charge in [-0.2, -0.15) is 0 Å². The van der Waals surface area contributed by atoms with E-state index in [0.29, 0.717) is 0 Å². The molecule has 0 N–H and O–H groups in total. The molecular weight excluding hydrogens is 847 g/mol. The summed E-state index contributed by atoms with van der Waals surface area (Å²) in [5.74, 6) is 0. The van der Waals surface area contributed by atoms with Crippen LogP contribution in [0, 0.1) is 0 Å². The summed E-state index contributed by atoms with van der Waals surface area (Å²) >= 11 is 0. The molecule has 3 heteroatoms. The number of rotatable bonds is 9. The average Bonchev–Trinajstić information content (AvgIpc) is 3.88. The quantitative estimate of drug-likeness (QED) is 0.143. The molecule has 0 radical (unpaired) electrons. The minimum atomic E-state index is -0.129. The van der Waals surface area contributed by atoms with Gasteiger partial charge in [-0.15, -0.1) is 0 Å². The van der Waals surface area contributed by atoms with Crippen molar-refractivity contribution in [1.82, 2.24) is 4.57 Å². The lowest BCUT2D eigenvalue weighted by Crippen LogP contribution is -2.16. The van der Waals surface area contributed by atoms with Gasteiger partial charge >= 0.3 is 0 Å². The van der Waals surface area contributed by atoms with E-state index in [4.69, 9.17) is 0 Å². The molecule has 0 aliphatic heterocycles. The summed E-state index contributed by atoms with van der Waals surface area (Å²) in [4.78, 5) is 4.72. The van der Waals surface area contributed by atoms with Gasteiger partial charge in [-0.05, 0) is 164 Å². The van der Waals surface area contributed by atoms with Crippen LogP contribution in [0.1, 0.15) is 25.0 Å². The number of hydrogen-bond donors (Lipinski definition) is 0. The first-order valence-corrected chi connectivity index (χ1v) is 24.3. The molecule has 0 saturated heterocycles.